The summed E-state index contributed by atoms with van der Waals surface area (Å²) in [6.07, 6.45) is 0. The minimum atomic E-state index is -0.812. The third kappa shape index (κ3) is 2.03. The van der Waals surface area contributed by atoms with Gasteiger partial charge in [-0.25, -0.2) is 9.78 Å². The van der Waals surface area contributed by atoms with Crippen LogP contribution in [0.25, 0.3) is 0 Å². The van der Waals surface area contributed by atoms with Gasteiger partial charge in [0, 0.05) is 4.47 Å². The first-order valence-corrected chi connectivity index (χ1v) is 4.26. The van der Waals surface area contributed by atoms with Gasteiger partial charge in [-0.2, -0.15) is 4.39 Å². The summed E-state index contributed by atoms with van der Waals surface area (Å²) in [5.74, 6) is -1.54. The smallest absolute Gasteiger partial charge is 0.342 e. The van der Waals surface area contributed by atoms with Gasteiger partial charge in [0.25, 0.3) is 0 Å². The van der Waals surface area contributed by atoms with Crippen LogP contribution in [0.5, 0.6) is 0 Å². The first-order valence-electron chi connectivity index (χ1n) is 3.47. The second kappa shape index (κ2) is 3.83. The van der Waals surface area contributed by atoms with Crippen molar-refractivity contribution in [1.82, 2.24) is 4.98 Å². The van der Waals surface area contributed by atoms with E-state index in [-0.39, 0.29) is 5.56 Å². The predicted molar refractivity (Wildman–Crippen MR) is 48.0 cm³/mol. The lowest BCUT2D eigenvalue weighted by Crippen LogP contribution is -2.07. The number of aryl methyl sites for hydroxylation is 1. The zero-order chi connectivity index (χ0) is 10.0. The zero-order valence-corrected chi connectivity index (χ0v) is 8.68. The highest BCUT2D eigenvalue weighted by Crippen LogP contribution is 2.18. The maximum atomic E-state index is 13.0. The number of ether oxygens (including phenoxy) is 1. The molecule has 1 heterocycles. The van der Waals surface area contributed by atoms with Gasteiger partial charge >= 0.3 is 5.97 Å². The van der Waals surface area contributed by atoms with Crippen LogP contribution in [0.2, 0.25) is 0 Å². The summed E-state index contributed by atoms with van der Waals surface area (Å²) >= 11 is 3.14. The van der Waals surface area contributed by atoms with Gasteiger partial charge < -0.3 is 4.74 Å². The number of nitrogens with zero attached hydrogens (tertiary/aromatic N) is 1. The van der Waals surface area contributed by atoms with Gasteiger partial charge in [-0.3, -0.25) is 0 Å². The number of halogens is 2. The average Bonchev–Trinajstić information content (AvgIpc) is 2.10. The lowest BCUT2D eigenvalue weighted by Gasteiger charge is -2.02. The summed E-state index contributed by atoms with van der Waals surface area (Å²) in [6.45, 7) is 1.63. The number of pyridine rings is 1. The average molecular weight is 248 g/mol. The largest absolute Gasteiger partial charge is 0.465 e. The van der Waals surface area contributed by atoms with Crippen molar-refractivity contribution < 1.29 is 13.9 Å². The second-order valence-electron chi connectivity index (χ2n) is 2.39. The van der Waals surface area contributed by atoms with E-state index in [0.717, 1.165) is 0 Å². The number of carbonyl (C=O) groups is 1. The van der Waals surface area contributed by atoms with E-state index < -0.39 is 11.9 Å². The first-order chi connectivity index (χ1) is 6.06. The minimum absolute atomic E-state index is 0.167. The molecule has 0 amide bonds. The predicted octanol–water partition coefficient (Wildman–Crippen LogP) is 2.08. The molecule has 0 aromatic carbocycles. The van der Waals surface area contributed by atoms with Crippen LogP contribution < -0.4 is 0 Å². The van der Waals surface area contributed by atoms with Gasteiger partial charge in [-0.1, -0.05) is 0 Å². The van der Waals surface area contributed by atoms with Crippen molar-refractivity contribution in [2.24, 2.45) is 0 Å². The Morgan fingerprint density at radius 2 is 2.31 bits per heavy atom. The van der Waals surface area contributed by atoms with E-state index in [2.05, 4.69) is 25.7 Å². The highest BCUT2D eigenvalue weighted by Gasteiger charge is 2.14. The molecule has 1 aromatic heterocycles. The van der Waals surface area contributed by atoms with Crippen molar-refractivity contribution in [3.05, 3.63) is 27.7 Å². The summed E-state index contributed by atoms with van der Waals surface area (Å²) in [7, 11) is 1.19. The molecular formula is C8H7BrFNO2. The molecule has 0 aliphatic carbocycles. The quantitative estimate of drug-likeness (QED) is 0.564. The fraction of sp³-hybridized carbons (Fsp3) is 0.250. The fourth-order valence-electron chi connectivity index (χ4n) is 0.805. The van der Waals surface area contributed by atoms with Crippen LogP contribution in [-0.4, -0.2) is 18.1 Å². The van der Waals surface area contributed by atoms with Crippen LogP contribution >= 0.6 is 15.9 Å². The van der Waals surface area contributed by atoms with E-state index in [1.807, 2.05) is 0 Å². The van der Waals surface area contributed by atoms with Crippen molar-refractivity contribution in [2.75, 3.05) is 7.11 Å². The standard InChI is InChI=1S/C8H7BrFNO2/c1-4-6(9)3-5(7(10)11-4)8(12)13-2/h3H,1-2H3. The summed E-state index contributed by atoms with van der Waals surface area (Å²) in [5.41, 5.74) is 0.324. The van der Waals surface area contributed by atoms with Crippen LogP contribution in [0.15, 0.2) is 10.5 Å². The summed E-state index contributed by atoms with van der Waals surface area (Å²) in [5, 5.41) is 0. The van der Waals surface area contributed by atoms with Crippen LogP contribution in [-0.2, 0) is 4.74 Å². The Hall–Kier alpha value is -0.970. The van der Waals surface area contributed by atoms with E-state index in [4.69, 9.17) is 0 Å². The molecule has 13 heavy (non-hydrogen) atoms. The highest BCUT2D eigenvalue weighted by molar-refractivity contribution is 9.10. The molecule has 5 heteroatoms. The third-order valence-electron chi connectivity index (χ3n) is 1.51. The fourth-order valence-corrected chi connectivity index (χ4v) is 1.12. The van der Waals surface area contributed by atoms with Crippen LogP contribution in [0, 0.1) is 12.9 Å². The molecule has 3 nitrogen and oxygen atoms in total. The van der Waals surface area contributed by atoms with Crippen LogP contribution in [0.3, 0.4) is 0 Å². The number of aromatic nitrogens is 1. The van der Waals surface area contributed by atoms with E-state index >= 15 is 0 Å². The zero-order valence-electron chi connectivity index (χ0n) is 7.10. The normalized spacial score (nSPS) is 9.85. The van der Waals surface area contributed by atoms with Crippen molar-refractivity contribution in [1.29, 1.82) is 0 Å². The molecule has 0 atom stereocenters. The van der Waals surface area contributed by atoms with Crippen LogP contribution in [0.4, 0.5) is 4.39 Å². The lowest BCUT2D eigenvalue weighted by molar-refractivity contribution is 0.0594. The SMILES string of the molecule is COC(=O)c1cc(Br)c(C)nc1F. The second-order valence-corrected chi connectivity index (χ2v) is 3.24. The Kier molecular flexibility index (Phi) is 2.98. The Bertz CT molecular complexity index is 354. The molecule has 0 saturated heterocycles. The first kappa shape index (κ1) is 10.1. The van der Waals surface area contributed by atoms with E-state index in [0.29, 0.717) is 10.2 Å². The molecule has 0 aliphatic heterocycles. The topological polar surface area (TPSA) is 39.2 Å². The minimum Gasteiger partial charge on any atom is -0.465 e. The molecular weight excluding hydrogens is 241 g/mol. The monoisotopic (exact) mass is 247 g/mol. The Morgan fingerprint density at radius 3 is 2.85 bits per heavy atom. The Morgan fingerprint density at radius 1 is 1.69 bits per heavy atom. The molecule has 1 aromatic rings. The van der Waals surface area contributed by atoms with E-state index in [1.54, 1.807) is 6.92 Å². The van der Waals surface area contributed by atoms with Gasteiger partial charge in [-0.05, 0) is 28.9 Å². The number of esters is 1. The van der Waals surface area contributed by atoms with Crippen molar-refractivity contribution in [3.8, 4) is 0 Å². The molecule has 0 radical (unpaired) electrons. The molecule has 0 fully saturated rings. The Balaban J connectivity index is 3.23. The summed E-state index contributed by atoms with van der Waals surface area (Å²) in [6, 6.07) is 1.35. The number of carbonyl (C=O) groups excluding carboxylic acids is 1. The number of hydrogen-bond donors (Lipinski definition) is 0. The van der Waals surface area contributed by atoms with Crippen molar-refractivity contribution in [3.63, 3.8) is 0 Å². The van der Waals surface area contributed by atoms with Crippen molar-refractivity contribution in [2.45, 2.75) is 6.92 Å². The third-order valence-corrected chi connectivity index (χ3v) is 2.31. The number of methoxy groups -OCH3 is 1. The summed E-state index contributed by atoms with van der Waals surface area (Å²) in [4.78, 5) is 14.5. The molecule has 70 valence electrons. The molecule has 0 N–H and O–H groups in total. The van der Waals surface area contributed by atoms with Gasteiger partial charge in [0.2, 0.25) is 5.95 Å². The maximum absolute atomic E-state index is 13.0. The lowest BCUT2D eigenvalue weighted by atomic mass is 10.2. The highest BCUT2D eigenvalue weighted by atomic mass is 79.9. The van der Waals surface area contributed by atoms with Gasteiger partial charge in [-0.15, -0.1) is 0 Å². The van der Waals surface area contributed by atoms with E-state index in [9.17, 15) is 9.18 Å². The number of hydrogen-bond acceptors (Lipinski definition) is 3. The van der Waals surface area contributed by atoms with Crippen LogP contribution in [0.1, 0.15) is 16.1 Å². The molecule has 0 unspecified atom stereocenters. The molecule has 0 bridgehead atoms. The molecule has 0 aliphatic rings. The van der Waals surface area contributed by atoms with Gasteiger partial charge in [0.15, 0.2) is 0 Å². The molecule has 1 rings (SSSR count). The summed E-state index contributed by atoms with van der Waals surface area (Å²) < 4.78 is 18.0. The molecule has 0 saturated carbocycles. The van der Waals surface area contributed by atoms with Gasteiger partial charge in [0.1, 0.15) is 5.56 Å². The molecule has 0 spiro atoms. The van der Waals surface area contributed by atoms with Crippen molar-refractivity contribution >= 4 is 21.9 Å². The van der Waals surface area contributed by atoms with Gasteiger partial charge in [0.05, 0.1) is 12.8 Å². The maximum Gasteiger partial charge on any atom is 0.342 e. The van der Waals surface area contributed by atoms with E-state index in [1.165, 1.54) is 13.2 Å². The number of rotatable bonds is 1. The Labute approximate surface area is 83.1 Å².